The molecule has 1 atom stereocenters. The molecule has 0 aliphatic carbocycles. The molecule has 0 radical (unpaired) electrons. The van der Waals surface area contributed by atoms with Gasteiger partial charge in [-0.25, -0.2) is 0 Å². The van der Waals surface area contributed by atoms with Crippen LogP contribution < -0.4 is 5.32 Å². The second-order valence-electron chi connectivity index (χ2n) is 5.18. The Kier molecular flexibility index (Phi) is 4.00. The van der Waals surface area contributed by atoms with Crippen molar-refractivity contribution >= 4 is 50.7 Å². The Labute approximate surface area is 141 Å². The highest BCUT2D eigenvalue weighted by Crippen LogP contribution is 2.39. The van der Waals surface area contributed by atoms with Gasteiger partial charge in [0.1, 0.15) is 0 Å². The van der Waals surface area contributed by atoms with E-state index in [9.17, 15) is 4.79 Å². The first-order valence-corrected chi connectivity index (χ1v) is 8.08. The van der Waals surface area contributed by atoms with E-state index < -0.39 is 0 Å². The zero-order valence-corrected chi connectivity index (χ0v) is 14.3. The maximum atomic E-state index is 11.5. The van der Waals surface area contributed by atoms with Crippen molar-refractivity contribution < 1.29 is 4.79 Å². The summed E-state index contributed by atoms with van der Waals surface area (Å²) in [6.45, 7) is 2.02. The van der Waals surface area contributed by atoms with Crippen molar-refractivity contribution in [1.29, 1.82) is 0 Å². The number of alkyl halides is 1. The molecule has 108 valence electrons. The van der Waals surface area contributed by atoms with Crippen LogP contribution in [-0.4, -0.2) is 5.91 Å². The number of carbonyl (C=O) groups excluding carboxylic acids is 1. The highest BCUT2D eigenvalue weighted by atomic mass is 79.9. The molecule has 0 spiro atoms. The third-order valence-corrected chi connectivity index (χ3v) is 4.75. The normalized spacial score (nSPS) is 14.8. The molecule has 0 aromatic heterocycles. The Bertz CT molecular complexity index is 725. The molecule has 0 saturated carbocycles. The molecule has 0 fully saturated rings. The molecule has 1 N–H and O–H groups in total. The molecule has 0 saturated heterocycles. The predicted octanol–water partition coefficient (Wildman–Crippen LogP) is 5.23. The number of benzene rings is 2. The molecule has 1 amide bonds. The van der Waals surface area contributed by atoms with Crippen LogP contribution in [0, 0.1) is 6.92 Å². The molecule has 2 aromatic rings. The van der Waals surface area contributed by atoms with Crippen molar-refractivity contribution in [3.63, 3.8) is 0 Å². The summed E-state index contributed by atoms with van der Waals surface area (Å²) in [5, 5.41) is 3.00. The highest BCUT2D eigenvalue weighted by molar-refractivity contribution is 9.10. The van der Waals surface area contributed by atoms with E-state index >= 15 is 0 Å². The van der Waals surface area contributed by atoms with Gasteiger partial charge in [0.05, 0.1) is 11.8 Å². The molecule has 1 aliphatic heterocycles. The van der Waals surface area contributed by atoms with Gasteiger partial charge in [-0.05, 0) is 53.4 Å². The van der Waals surface area contributed by atoms with Crippen LogP contribution in [0.15, 0.2) is 34.8 Å². The SMILES string of the molecule is Cc1cc(Br)cc(C(Cl)c2cc3c(cc2Cl)NC(=O)C3)c1. The number of carbonyl (C=O) groups is 1. The van der Waals surface area contributed by atoms with Crippen LogP contribution in [0.3, 0.4) is 0 Å². The van der Waals surface area contributed by atoms with Gasteiger partial charge in [-0.2, -0.15) is 0 Å². The van der Waals surface area contributed by atoms with E-state index in [4.69, 9.17) is 23.2 Å². The van der Waals surface area contributed by atoms with Crippen LogP contribution in [0.5, 0.6) is 0 Å². The summed E-state index contributed by atoms with van der Waals surface area (Å²) < 4.78 is 0.984. The van der Waals surface area contributed by atoms with Crippen molar-refractivity contribution in [3.05, 3.63) is 62.1 Å². The fourth-order valence-electron chi connectivity index (χ4n) is 2.55. The van der Waals surface area contributed by atoms with E-state index in [-0.39, 0.29) is 11.3 Å². The summed E-state index contributed by atoms with van der Waals surface area (Å²) in [6, 6.07) is 9.74. The van der Waals surface area contributed by atoms with Gasteiger partial charge in [-0.1, -0.05) is 33.6 Å². The van der Waals surface area contributed by atoms with Crippen molar-refractivity contribution in [1.82, 2.24) is 0 Å². The molecule has 1 aliphatic rings. The van der Waals surface area contributed by atoms with Crippen LogP contribution in [0.4, 0.5) is 5.69 Å². The Balaban J connectivity index is 2.04. The van der Waals surface area contributed by atoms with Crippen LogP contribution in [0.25, 0.3) is 0 Å². The minimum Gasteiger partial charge on any atom is -0.325 e. The number of amides is 1. The maximum absolute atomic E-state index is 11.5. The van der Waals surface area contributed by atoms with Crippen molar-refractivity contribution in [2.45, 2.75) is 18.7 Å². The minimum atomic E-state index is -0.352. The number of anilines is 1. The smallest absolute Gasteiger partial charge is 0.228 e. The van der Waals surface area contributed by atoms with E-state index in [1.54, 1.807) is 6.07 Å². The molecule has 1 heterocycles. The molecule has 21 heavy (non-hydrogen) atoms. The van der Waals surface area contributed by atoms with E-state index in [0.29, 0.717) is 11.4 Å². The average Bonchev–Trinajstić information content (AvgIpc) is 2.75. The van der Waals surface area contributed by atoms with E-state index in [1.807, 2.05) is 31.2 Å². The largest absolute Gasteiger partial charge is 0.325 e. The van der Waals surface area contributed by atoms with Crippen molar-refractivity contribution in [2.75, 3.05) is 5.32 Å². The Morgan fingerprint density at radius 1 is 1.24 bits per heavy atom. The summed E-state index contributed by atoms with van der Waals surface area (Å²) in [4.78, 5) is 11.5. The number of rotatable bonds is 2. The fraction of sp³-hybridized carbons (Fsp3) is 0.188. The lowest BCUT2D eigenvalue weighted by atomic mass is 10.00. The lowest BCUT2D eigenvalue weighted by Crippen LogP contribution is -2.03. The summed E-state index contributed by atoms with van der Waals surface area (Å²) in [6.07, 6.45) is 0.376. The number of hydrogen-bond donors (Lipinski definition) is 1. The van der Waals surface area contributed by atoms with Gasteiger partial charge in [0.15, 0.2) is 0 Å². The predicted molar refractivity (Wildman–Crippen MR) is 90.4 cm³/mol. The Morgan fingerprint density at radius 3 is 2.71 bits per heavy atom. The molecule has 2 aromatic carbocycles. The first-order valence-electron chi connectivity index (χ1n) is 6.47. The quantitative estimate of drug-likeness (QED) is 0.705. The van der Waals surface area contributed by atoms with Gasteiger partial charge in [-0.15, -0.1) is 11.6 Å². The topological polar surface area (TPSA) is 29.1 Å². The van der Waals surface area contributed by atoms with E-state index in [2.05, 4.69) is 21.2 Å². The fourth-order valence-corrected chi connectivity index (χ4v) is 3.81. The van der Waals surface area contributed by atoms with Crippen molar-refractivity contribution in [3.8, 4) is 0 Å². The molecular weight excluding hydrogens is 373 g/mol. The minimum absolute atomic E-state index is 0.0114. The van der Waals surface area contributed by atoms with E-state index in [1.165, 1.54) is 0 Å². The van der Waals surface area contributed by atoms with Gasteiger partial charge in [0, 0.05) is 15.2 Å². The Morgan fingerprint density at radius 2 is 2.00 bits per heavy atom. The summed E-state index contributed by atoms with van der Waals surface area (Å²) >= 11 is 16.4. The first-order chi connectivity index (χ1) is 9.94. The second-order valence-corrected chi connectivity index (χ2v) is 6.94. The molecule has 2 nitrogen and oxygen atoms in total. The maximum Gasteiger partial charge on any atom is 0.228 e. The highest BCUT2D eigenvalue weighted by Gasteiger charge is 2.23. The summed E-state index contributed by atoms with van der Waals surface area (Å²) in [7, 11) is 0. The molecule has 3 rings (SSSR count). The molecule has 0 bridgehead atoms. The third kappa shape index (κ3) is 2.96. The summed E-state index contributed by atoms with van der Waals surface area (Å²) in [5.41, 5.74) is 4.65. The lowest BCUT2D eigenvalue weighted by molar-refractivity contribution is -0.115. The number of halogens is 3. The van der Waals surface area contributed by atoms with Crippen LogP contribution in [0.2, 0.25) is 5.02 Å². The average molecular weight is 385 g/mol. The third-order valence-electron chi connectivity index (χ3n) is 3.48. The Hall–Kier alpha value is -1.03. The summed E-state index contributed by atoms with van der Waals surface area (Å²) in [5.74, 6) is -0.0114. The number of aryl methyl sites for hydroxylation is 1. The second kappa shape index (κ2) is 5.64. The molecule has 1 unspecified atom stereocenters. The number of hydrogen-bond acceptors (Lipinski definition) is 1. The van der Waals surface area contributed by atoms with Gasteiger partial charge < -0.3 is 5.32 Å². The number of fused-ring (bicyclic) bond motifs is 1. The van der Waals surface area contributed by atoms with Gasteiger partial charge in [0.2, 0.25) is 5.91 Å². The molecular formula is C16H12BrCl2NO. The zero-order chi connectivity index (χ0) is 15.1. The molecule has 5 heteroatoms. The standard InChI is InChI=1S/C16H12BrCl2NO/c1-8-2-10(4-11(17)3-8)16(19)12-5-9-6-15(21)20-14(9)7-13(12)18/h2-5,7,16H,6H2,1H3,(H,20,21). The van der Waals surface area contributed by atoms with Gasteiger partial charge in [-0.3, -0.25) is 4.79 Å². The first kappa shape index (κ1) is 14.9. The number of nitrogens with one attached hydrogen (secondary N) is 1. The van der Waals surface area contributed by atoms with Crippen LogP contribution in [-0.2, 0) is 11.2 Å². The van der Waals surface area contributed by atoms with E-state index in [0.717, 1.165) is 32.4 Å². The van der Waals surface area contributed by atoms with Gasteiger partial charge >= 0.3 is 0 Å². The van der Waals surface area contributed by atoms with Crippen molar-refractivity contribution in [2.24, 2.45) is 0 Å². The van der Waals surface area contributed by atoms with Gasteiger partial charge in [0.25, 0.3) is 0 Å². The zero-order valence-electron chi connectivity index (χ0n) is 11.2. The van der Waals surface area contributed by atoms with Crippen LogP contribution in [0.1, 0.15) is 27.6 Å². The monoisotopic (exact) mass is 383 g/mol. The lowest BCUT2D eigenvalue weighted by Gasteiger charge is -2.15. The van der Waals surface area contributed by atoms with Crippen LogP contribution >= 0.6 is 39.1 Å².